The molecule has 3 heterocycles. The Labute approximate surface area is 250 Å². The summed E-state index contributed by atoms with van der Waals surface area (Å²) in [5.41, 5.74) is 2.87. The first-order valence-electron chi connectivity index (χ1n) is 14.4. The van der Waals surface area contributed by atoms with Crippen molar-refractivity contribution in [1.82, 2.24) is 9.80 Å². The van der Waals surface area contributed by atoms with E-state index in [1.807, 2.05) is 24.3 Å². The number of hydrogen-bond acceptors (Lipinski definition) is 7. The summed E-state index contributed by atoms with van der Waals surface area (Å²) in [7, 11) is 0. The molecule has 3 aliphatic rings. The number of hydrogen-bond donors (Lipinski definition) is 0. The summed E-state index contributed by atoms with van der Waals surface area (Å²) in [4.78, 5) is 30.2. The Kier molecular flexibility index (Phi) is 13.0. The second-order valence-corrected chi connectivity index (χ2v) is 10.7. The van der Waals surface area contributed by atoms with Crippen molar-refractivity contribution in [2.24, 2.45) is 0 Å². The van der Waals surface area contributed by atoms with Crippen molar-refractivity contribution in [2.45, 2.75) is 57.8 Å². The van der Waals surface area contributed by atoms with Crippen LogP contribution >= 0.6 is 24.8 Å². The number of esters is 2. The van der Waals surface area contributed by atoms with Gasteiger partial charge in [0.1, 0.15) is 11.5 Å². The molecule has 0 spiro atoms. The van der Waals surface area contributed by atoms with Crippen molar-refractivity contribution >= 4 is 36.8 Å². The number of carbonyl (C=O) groups is 2. The van der Waals surface area contributed by atoms with E-state index in [2.05, 4.69) is 9.80 Å². The van der Waals surface area contributed by atoms with Gasteiger partial charge in [-0.15, -0.1) is 24.8 Å². The standard InChI is InChI=1S/C31H40N2O5.2ClH/c34-30(36-19-7-17-32-13-3-1-4-14-32)24-9-11-28-26(21-24)23-27-22-25(10-12-29(27)38-28)31(35)37-20-8-18-33-15-5-2-6-16-33;;/h9-12,21-22H,1-8,13-20,23H2;2*1H. The SMILES string of the molecule is Cl.Cl.O=C(OCCCN1CCCCC1)c1ccc2c(c1)Cc1cc(C(=O)OCCCN3CCCCC3)ccc1O2. The van der Waals surface area contributed by atoms with Crippen molar-refractivity contribution in [3.63, 3.8) is 0 Å². The van der Waals surface area contributed by atoms with E-state index in [1.165, 1.54) is 38.5 Å². The van der Waals surface area contributed by atoms with Gasteiger partial charge in [0.2, 0.25) is 0 Å². The average Bonchev–Trinajstić information content (AvgIpc) is 2.96. The molecule has 220 valence electrons. The van der Waals surface area contributed by atoms with Gasteiger partial charge in [-0.3, -0.25) is 0 Å². The van der Waals surface area contributed by atoms with E-state index >= 15 is 0 Å². The van der Waals surface area contributed by atoms with Crippen LogP contribution in [0.4, 0.5) is 0 Å². The number of benzene rings is 2. The fraction of sp³-hybridized carbons (Fsp3) is 0.548. The molecule has 5 rings (SSSR count). The minimum atomic E-state index is -0.306. The van der Waals surface area contributed by atoms with Crippen molar-refractivity contribution in [1.29, 1.82) is 0 Å². The molecular formula is C31H42Cl2N2O5. The van der Waals surface area contributed by atoms with E-state index in [0.29, 0.717) is 30.8 Å². The van der Waals surface area contributed by atoms with Gasteiger partial charge in [0, 0.05) is 30.6 Å². The van der Waals surface area contributed by atoms with Crippen LogP contribution in [0.2, 0.25) is 0 Å². The highest BCUT2D eigenvalue weighted by atomic mass is 35.5. The zero-order valence-corrected chi connectivity index (χ0v) is 24.9. The Hall–Kier alpha value is -2.32. The molecule has 0 radical (unpaired) electrons. The van der Waals surface area contributed by atoms with Crippen LogP contribution in [0.25, 0.3) is 0 Å². The number of nitrogens with zero attached hydrogens (tertiary/aromatic N) is 2. The molecule has 0 aromatic heterocycles. The Morgan fingerprint density at radius 3 is 1.50 bits per heavy atom. The Bertz CT molecular complexity index is 1030. The molecule has 2 aromatic rings. The van der Waals surface area contributed by atoms with Gasteiger partial charge in [-0.2, -0.15) is 0 Å². The number of halogens is 2. The molecule has 2 saturated heterocycles. The molecule has 9 heteroatoms. The largest absolute Gasteiger partial charge is 0.462 e. The molecule has 0 atom stereocenters. The van der Waals surface area contributed by atoms with E-state index < -0.39 is 0 Å². The summed E-state index contributed by atoms with van der Waals surface area (Å²) in [5.74, 6) is 0.845. The maximum Gasteiger partial charge on any atom is 0.338 e. The number of rotatable bonds is 10. The fourth-order valence-electron chi connectivity index (χ4n) is 5.65. The first kappa shape index (κ1) is 32.2. The molecule has 3 aliphatic heterocycles. The zero-order chi connectivity index (χ0) is 26.2. The van der Waals surface area contributed by atoms with Crippen LogP contribution in [-0.4, -0.2) is 74.2 Å². The summed E-state index contributed by atoms with van der Waals surface area (Å²) in [6.07, 6.45) is 9.99. The average molecular weight is 594 g/mol. The lowest BCUT2D eigenvalue weighted by molar-refractivity contribution is 0.0476. The number of piperidine rings is 2. The summed E-state index contributed by atoms with van der Waals surface area (Å²) in [6, 6.07) is 10.9. The minimum absolute atomic E-state index is 0. The first-order chi connectivity index (χ1) is 18.7. The third-order valence-electron chi connectivity index (χ3n) is 7.79. The lowest BCUT2D eigenvalue weighted by Gasteiger charge is -2.26. The van der Waals surface area contributed by atoms with E-state index in [4.69, 9.17) is 14.2 Å². The van der Waals surface area contributed by atoms with Crippen molar-refractivity contribution < 1.29 is 23.8 Å². The monoisotopic (exact) mass is 592 g/mol. The number of likely N-dealkylation sites (tertiary alicyclic amines) is 2. The predicted molar refractivity (Wildman–Crippen MR) is 161 cm³/mol. The number of carbonyl (C=O) groups excluding carboxylic acids is 2. The second-order valence-electron chi connectivity index (χ2n) is 10.7. The van der Waals surface area contributed by atoms with Crippen LogP contribution in [-0.2, 0) is 15.9 Å². The van der Waals surface area contributed by atoms with E-state index in [1.54, 1.807) is 12.1 Å². The summed E-state index contributed by atoms with van der Waals surface area (Å²) >= 11 is 0. The fourth-order valence-corrected chi connectivity index (χ4v) is 5.65. The predicted octanol–water partition coefficient (Wildman–Crippen LogP) is 6.29. The molecule has 7 nitrogen and oxygen atoms in total. The Balaban J connectivity index is 0.00000220. The van der Waals surface area contributed by atoms with Gasteiger partial charge in [0.15, 0.2) is 0 Å². The van der Waals surface area contributed by atoms with Crippen LogP contribution in [0.15, 0.2) is 36.4 Å². The molecule has 0 unspecified atom stereocenters. The molecule has 0 N–H and O–H groups in total. The quantitative estimate of drug-likeness (QED) is 0.202. The van der Waals surface area contributed by atoms with Crippen molar-refractivity contribution in [2.75, 3.05) is 52.5 Å². The smallest absolute Gasteiger partial charge is 0.338 e. The zero-order valence-electron chi connectivity index (χ0n) is 23.2. The number of fused-ring (bicyclic) bond motifs is 2. The van der Waals surface area contributed by atoms with Crippen LogP contribution in [0.3, 0.4) is 0 Å². The molecule has 0 aliphatic carbocycles. The van der Waals surface area contributed by atoms with Gasteiger partial charge in [0.05, 0.1) is 24.3 Å². The maximum absolute atomic E-state index is 12.7. The maximum atomic E-state index is 12.7. The lowest BCUT2D eigenvalue weighted by atomic mass is 9.97. The van der Waals surface area contributed by atoms with Gasteiger partial charge in [-0.25, -0.2) is 9.59 Å². The lowest BCUT2D eigenvalue weighted by Crippen LogP contribution is -2.31. The van der Waals surface area contributed by atoms with Crippen LogP contribution in [0, 0.1) is 0 Å². The third kappa shape index (κ3) is 8.84. The van der Waals surface area contributed by atoms with Gasteiger partial charge in [0.25, 0.3) is 0 Å². The van der Waals surface area contributed by atoms with Crippen LogP contribution in [0.1, 0.15) is 83.2 Å². The van der Waals surface area contributed by atoms with E-state index in [9.17, 15) is 9.59 Å². The molecule has 0 bridgehead atoms. The topological polar surface area (TPSA) is 68.3 Å². The molecule has 0 saturated carbocycles. The van der Waals surface area contributed by atoms with Gasteiger partial charge in [-0.1, -0.05) is 12.8 Å². The number of ether oxygens (including phenoxy) is 3. The van der Waals surface area contributed by atoms with Crippen molar-refractivity contribution in [3.8, 4) is 11.5 Å². The Morgan fingerprint density at radius 2 is 1.07 bits per heavy atom. The van der Waals surface area contributed by atoms with Crippen molar-refractivity contribution in [3.05, 3.63) is 58.7 Å². The van der Waals surface area contributed by atoms with Gasteiger partial charge >= 0.3 is 11.9 Å². The highest BCUT2D eigenvalue weighted by Crippen LogP contribution is 2.37. The second kappa shape index (κ2) is 16.2. The molecule has 0 amide bonds. The molecule has 40 heavy (non-hydrogen) atoms. The Morgan fingerprint density at radius 1 is 0.650 bits per heavy atom. The summed E-state index contributed by atoms with van der Waals surface area (Å²) < 4.78 is 17.2. The summed E-state index contributed by atoms with van der Waals surface area (Å²) in [5, 5.41) is 0. The normalized spacial score (nSPS) is 16.8. The van der Waals surface area contributed by atoms with Gasteiger partial charge in [-0.05, 0) is 101 Å². The van der Waals surface area contributed by atoms with E-state index in [-0.39, 0.29) is 36.8 Å². The molecular weight excluding hydrogens is 551 g/mol. The summed E-state index contributed by atoms with van der Waals surface area (Å²) in [6.45, 7) is 7.41. The van der Waals surface area contributed by atoms with Crippen LogP contribution in [0.5, 0.6) is 11.5 Å². The third-order valence-corrected chi connectivity index (χ3v) is 7.79. The first-order valence-corrected chi connectivity index (χ1v) is 14.4. The highest BCUT2D eigenvalue weighted by Gasteiger charge is 2.21. The molecule has 2 fully saturated rings. The highest BCUT2D eigenvalue weighted by molar-refractivity contribution is 5.91. The molecule has 2 aromatic carbocycles. The van der Waals surface area contributed by atoms with E-state index in [0.717, 1.165) is 74.7 Å². The van der Waals surface area contributed by atoms with Crippen LogP contribution < -0.4 is 4.74 Å². The minimum Gasteiger partial charge on any atom is -0.462 e. The van der Waals surface area contributed by atoms with Gasteiger partial charge < -0.3 is 24.0 Å².